The molecule has 0 saturated carbocycles. The first-order valence-electron chi connectivity index (χ1n) is 8.59. The van der Waals surface area contributed by atoms with E-state index in [1.807, 2.05) is 30.3 Å². The summed E-state index contributed by atoms with van der Waals surface area (Å²) in [5, 5.41) is 2.42. The van der Waals surface area contributed by atoms with Gasteiger partial charge in [-0.2, -0.15) is 0 Å². The number of oxazole rings is 1. The van der Waals surface area contributed by atoms with Crippen LogP contribution >= 0.6 is 11.3 Å². The van der Waals surface area contributed by atoms with E-state index in [0.29, 0.717) is 35.4 Å². The third-order valence-corrected chi connectivity index (χ3v) is 5.05. The molecular formula is C19H17N3O4S. The van der Waals surface area contributed by atoms with Crippen LogP contribution in [0.25, 0.3) is 11.3 Å². The van der Waals surface area contributed by atoms with E-state index in [0.717, 1.165) is 12.0 Å². The zero-order valence-electron chi connectivity index (χ0n) is 14.5. The fraction of sp³-hybridized carbons (Fsp3) is 0.263. The van der Waals surface area contributed by atoms with Crippen LogP contribution in [-0.2, 0) is 27.4 Å². The van der Waals surface area contributed by atoms with Crippen LogP contribution in [0.4, 0.5) is 5.13 Å². The summed E-state index contributed by atoms with van der Waals surface area (Å²) in [7, 11) is 0. The molecule has 1 saturated heterocycles. The number of carbonyl (C=O) groups is 2. The van der Waals surface area contributed by atoms with E-state index in [1.165, 1.54) is 11.3 Å². The Balaban J connectivity index is 1.31. The quantitative estimate of drug-likeness (QED) is 0.608. The molecule has 0 spiro atoms. The largest absolute Gasteiger partial charge is 0.455 e. The maximum absolute atomic E-state index is 12.0. The average molecular weight is 383 g/mol. The number of benzene rings is 1. The monoisotopic (exact) mass is 383 g/mol. The first kappa shape index (κ1) is 17.4. The number of nitrogens with zero attached hydrogens (tertiary/aromatic N) is 3. The lowest BCUT2D eigenvalue weighted by atomic mass is 10.2. The lowest BCUT2D eigenvalue weighted by Crippen LogP contribution is -2.23. The van der Waals surface area contributed by atoms with Crippen LogP contribution in [0, 0.1) is 0 Å². The van der Waals surface area contributed by atoms with Crippen molar-refractivity contribution in [2.45, 2.75) is 25.9 Å². The van der Waals surface area contributed by atoms with E-state index in [-0.39, 0.29) is 18.9 Å². The molecule has 4 rings (SSSR count). The molecule has 0 bridgehead atoms. The van der Waals surface area contributed by atoms with Gasteiger partial charge in [-0.3, -0.25) is 14.5 Å². The Morgan fingerprint density at radius 3 is 2.93 bits per heavy atom. The summed E-state index contributed by atoms with van der Waals surface area (Å²) in [6.45, 7) is 0.650. The van der Waals surface area contributed by atoms with E-state index < -0.39 is 5.97 Å². The summed E-state index contributed by atoms with van der Waals surface area (Å²) < 4.78 is 10.8. The number of thiazole rings is 1. The summed E-state index contributed by atoms with van der Waals surface area (Å²) in [6.07, 6.45) is 3.05. The van der Waals surface area contributed by atoms with Gasteiger partial charge in [-0.1, -0.05) is 30.3 Å². The summed E-state index contributed by atoms with van der Waals surface area (Å²) in [5.74, 6) is 0.626. The number of carbonyl (C=O) groups excluding carboxylic acids is 2. The molecule has 3 heterocycles. The number of rotatable bonds is 6. The molecule has 1 aromatic carbocycles. The molecule has 1 aliphatic heterocycles. The maximum atomic E-state index is 12.0. The van der Waals surface area contributed by atoms with Crippen LogP contribution in [0.3, 0.4) is 0 Å². The van der Waals surface area contributed by atoms with Crippen molar-refractivity contribution >= 4 is 28.3 Å². The molecule has 27 heavy (non-hydrogen) atoms. The Morgan fingerprint density at radius 1 is 1.30 bits per heavy atom. The normalized spacial score (nSPS) is 13.9. The Labute approximate surface area is 159 Å². The highest BCUT2D eigenvalue weighted by atomic mass is 32.1. The number of aromatic nitrogens is 2. The van der Waals surface area contributed by atoms with Gasteiger partial charge in [0.05, 0.1) is 18.3 Å². The van der Waals surface area contributed by atoms with Crippen LogP contribution in [-0.4, -0.2) is 28.4 Å². The Kier molecular flexibility index (Phi) is 4.97. The lowest BCUT2D eigenvalue weighted by Gasteiger charge is -2.10. The predicted octanol–water partition coefficient (Wildman–Crippen LogP) is 3.21. The van der Waals surface area contributed by atoms with Gasteiger partial charge in [0.15, 0.2) is 17.5 Å². The topological polar surface area (TPSA) is 85.5 Å². The molecule has 0 radical (unpaired) electrons. The molecule has 0 atom stereocenters. The van der Waals surface area contributed by atoms with Crippen molar-refractivity contribution in [2.24, 2.45) is 0 Å². The highest BCUT2D eigenvalue weighted by Crippen LogP contribution is 2.25. The molecular weight excluding hydrogens is 366 g/mol. The Morgan fingerprint density at radius 2 is 2.15 bits per heavy atom. The first-order valence-corrected chi connectivity index (χ1v) is 9.47. The van der Waals surface area contributed by atoms with Gasteiger partial charge in [0.1, 0.15) is 0 Å². The number of ether oxygens (including phenoxy) is 1. The van der Waals surface area contributed by atoms with Crippen LogP contribution in [0.5, 0.6) is 0 Å². The van der Waals surface area contributed by atoms with Gasteiger partial charge in [-0.15, -0.1) is 11.3 Å². The third-order valence-electron chi connectivity index (χ3n) is 4.14. The number of hydrogen-bond donors (Lipinski definition) is 0. The second-order valence-electron chi connectivity index (χ2n) is 6.09. The highest BCUT2D eigenvalue weighted by molar-refractivity contribution is 7.14. The first-order chi connectivity index (χ1) is 13.2. The van der Waals surface area contributed by atoms with Crippen molar-refractivity contribution in [2.75, 3.05) is 11.4 Å². The molecule has 8 heteroatoms. The molecule has 138 valence electrons. The summed E-state index contributed by atoms with van der Waals surface area (Å²) >= 11 is 1.36. The van der Waals surface area contributed by atoms with Gasteiger partial charge >= 0.3 is 5.97 Å². The molecule has 2 aromatic heterocycles. The standard InChI is InChI=1S/C19H17N3O4S/c23-17-7-4-8-22(17)19-21-14(12-27-19)9-18(24)25-11-16-20-10-15(26-16)13-5-2-1-3-6-13/h1-3,5-6,10,12H,4,7-9,11H2. The van der Waals surface area contributed by atoms with Crippen molar-refractivity contribution in [3.05, 3.63) is 53.5 Å². The van der Waals surface area contributed by atoms with Crippen molar-refractivity contribution in [3.63, 3.8) is 0 Å². The van der Waals surface area contributed by atoms with Crippen LogP contribution < -0.4 is 4.90 Å². The van der Waals surface area contributed by atoms with E-state index in [9.17, 15) is 9.59 Å². The van der Waals surface area contributed by atoms with Gasteiger partial charge < -0.3 is 9.15 Å². The summed E-state index contributed by atoms with van der Waals surface area (Å²) in [4.78, 5) is 34.0. The Bertz CT molecular complexity index is 951. The average Bonchev–Trinajstić information content (AvgIpc) is 3.41. The van der Waals surface area contributed by atoms with Crippen molar-refractivity contribution < 1.29 is 18.7 Å². The van der Waals surface area contributed by atoms with Crippen molar-refractivity contribution in [1.29, 1.82) is 0 Å². The maximum Gasteiger partial charge on any atom is 0.312 e. The van der Waals surface area contributed by atoms with Gasteiger partial charge in [-0.05, 0) is 6.42 Å². The molecule has 0 unspecified atom stereocenters. The third kappa shape index (κ3) is 4.06. The number of amides is 1. The smallest absolute Gasteiger partial charge is 0.312 e. The molecule has 1 aliphatic rings. The molecule has 7 nitrogen and oxygen atoms in total. The molecule has 0 N–H and O–H groups in total. The minimum Gasteiger partial charge on any atom is -0.455 e. The highest BCUT2D eigenvalue weighted by Gasteiger charge is 2.24. The van der Waals surface area contributed by atoms with E-state index >= 15 is 0 Å². The van der Waals surface area contributed by atoms with Crippen LogP contribution in [0.2, 0.25) is 0 Å². The fourth-order valence-electron chi connectivity index (χ4n) is 2.81. The summed E-state index contributed by atoms with van der Waals surface area (Å²) in [6, 6.07) is 9.58. The van der Waals surface area contributed by atoms with Crippen molar-refractivity contribution in [1.82, 2.24) is 9.97 Å². The van der Waals surface area contributed by atoms with E-state index in [2.05, 4.69) is 9.97 Å². The second kappa shape index (κ2) is 7.71. The molecule has 0 aliphatic carbocycles. The second-order valence-corrected chi connectivity index (χ2v) is 6.93. The minimum absolute atomic E-state index is 0.0345. The number of hydrogen-bond acceptors (Lipinski definition) is 7. The summed E-state index contributed by atoms with van der Waals surface area (Å²) in [5.41, 5.74) is 1.51. The van der Waals surface area contributed by atoms with Crippen LogP contribution in [0.1, 0.15) is 24.4 Å². The van der Waals surface area contributed by atoms with Crippen LogP contribution in [0.15, 0.2) is 46.3 Å². The minimum atomic E-state index is -0.418. The SMILES string of the molecule is O=C(Cc1csc(N2CCCC2=O)n1)OCc1ncc(-c2ccccc2)o1. The number of anilines is 1. The Hall–Kier alpha value is -3.00. The molecule has 1 fully saturated rings. The molecule has 3 aromatic rings. The predicted molar refractivity (Wildman–Crippen MR) is 99.1 cm³/mol. The van der Waals surface area contributed by atoms with Crippen molar-refractivity contribution in [3.8, 4) is 11.3 Å². The van der Waals surface area contributed by atoms with Gasteiger partial charge in [0.25, 0.3) is 0 Å². The van der Waals surface area contributed by atoms with E-state index in [1.54, 1.807) is 16.5 Å². The van der Waals surface area contributed by atoms with E-state index in [4.69, 9.17) is 9.15 Å². The zero-order chi connectivity index (χ0) is 18.6. The number of esters is 1. The van der Waals surface area contributed by atoms with Gasteiger partial charge in [-0.25, -0.2) is 9.97 Å². The lowest BCUT2D eigenvalue weighted by molar-refractivity contribution is -0.144. The zero-order valence-corrected chi connectivity index (χ0v) is 15.3. The molecule has 1 amide bonds. The van der Waals surface area contributed by atoms with Gasteiger partial charge in [0, 0.05) is 23.9 Å². The fourth-order valence-corrected chi connectivity index (χ4v) is 3.67. The van der Waals surface area contributed by atoms with Gasteiger partial charge in [0.2, 0.25) is 11.8 Å².